The molecule has 0 aliphatic carbocycles. The maximum atomic E-state index is 12.2. The third kappa shape index (κ3) is 2.01. The highest BCUT2D eigenvalue weighted by Gasteiger charge is 2.29. The molecule has 15 heavy (non-hydrogen) atoms. The van der Waals surface area contributed by atoms with E-state index in [-0.39, 0.29) is 4.77 Å². The van der Waals surface area contributed by atoms with Crippen molar-refractivity contribution in [3.05, 3.63) is 23.2 Å². The maximum absolute atomic E-state index is 12.2. The van der Waals surface area contributed by atoms with Crippen molar-refractivity contribution in [1.29, 1.82) is 0 Å². The molecule has 0 saturated heterocycles. The van der Waals surface area contributed by atoms with Gasteiger partial charge in [-0.2, -0.15) is 13.2 Å². The zero-order chi connectivity index (χ0) is 11.1. The fourth-order valence-corrected chi connectivity index (χ4v) is 1.62. The number of halogens is 3. The lowest BCUT2D eigenvalue weighted by atomic mass is 10.4. The Morgan fingerprint density at radius 2 is 2.20 bits per heavy atom. The topological polar surface area (TPSA) is 33.6 Å². The number of aromatic amines is 1. The number of rotatable bonds is 1. The molecule has 0 aromatic carbocycles. The van der Waals surface area contributed by atoms with Crippen LogP contribution in [0, 0.1) is 4.77 Å². The van der Waals surface area contributed by atoms with E-state index in [9.17, 15) is 13.2 Å². The molecule has 0 saturated carbocycles. The van der Waals surface area contributed by atoms with Gasteiger partial charge in [-0.05, 0) is 18.3 Å². The van der Waals surface area contributed by atoms with Crippen LogP contribution in [0.15, 0.2) is 18.5 Å². The van der Waals surface area contributed by atoms with Crippen LogP contribution in [0.4, 0.5) is 13.2 Å². The van der Waals surface area contributed by atoms with Crippen LogP contribution >= 0.6 is 12.2 Å². The molecule has 80 valence electrons. The number of hydrogen-bond acceptors (Lipinski definition) is 2. The van der Waals surface area contributed by atoms with Gasteiger partial charge in [0.05, 0.1) is 17.2 Å². The molecule has 2 aromatic rings. The molecular weight excluding hydrogens is 227 g/mol. The molecule has 7 heteroatoms. The Morgan fingerprint density at radius 3 is 2.87 bits per heavy atom. The first-order valence-corrected chi connectivity index (χ1v) is 4.47. The molecule has 0 spiro atoms. The smallest absolute Gasteiger partial charge is 0.329 e. The van der Waals surface area contributed by atoms with Gasteiger partial charge in [0.25, 0.3) is 0 Å². The van der Waals surface area contributed by atoms with E-state index < -0.39 is 12.7 Å². The second-order valence-electron chi connectivity index (χ2n) is 3.02. The van der Waals surface area contributed by atoms with Crippen LogP contribution in [-0.4, -0.2) is 20.7 Å². The number of fused-ring (bicyclic) bond motifs is 1. The Morgan fingerprint density at radius 1 is 1.47 bits per heavy atom. The van der Waals surface area contributed by atoms with Gasteiger partial charge in [-0.1, -0.05) is 0 Å². The Hall–Kier alpha value is -1.37. The van der Waals surface area contributed by atoms with Gasteiger partial charge in [0.15, 0.2) is 4.77 Å². The van der Waals surface area contributed by atoms with E-state index in [0.29, 0.717) is 11.0 Å². The highest BCUT2D eigenvalue weighted by atomic mass is 32.1. The van der Waals surface area contributed by atoms with Gasteiger partial charge < -0.3 is 9.55 Å². The van der Waals surface area contributed by atoms with Gasteiger partial charge in [-0.3, -0.25) is 4.98 Å². The summed E-state index contributed by atoms with van der Waals surface area (Å²) in [5, 5.41) is 0. The number of nitrogens with one attached hydrogen (secondary N) is 1. The highest BCUT2D eigenvalue weighted by molar-refractivity contribution is 7.71. The van der Waals surface area contributed by atoms with Crippen LogP contribution in [-0.2, 0) is 6.54 Å². The average Bonchev–Trinajstić information content (AvgIpc) is 2.41. The molecule has 2 rings (SSSR count). The second-order valence-corrected chi connectivity index (χ2v) is 3.41. The van der Waals surface area contributed by atoms with Crippen LogP contribution in [0.1, 0.15) is 0 Å². The van der Waals surface area contributed by atoms with Gasteiger partial charge in [0.2, 0.25) is 0 Å². The van der Waals surface area contributed by atoms with E-state index in [4.69, 9.17) is 12.2 Å². The molecule has 0 amide bonds. The Balaban J connectivity index is 2.60. The molecule has 0 unspecified atom stereocenters. The van der Waals surface area contributed by atoms with E-state index >= 15 is 0 Å². The number of hydrogen-bond donors (Lipinski definition) is 1. The summed E-state index contributed by atoms with van der Waals surface area (Å²) in [6, 6.07) is 1.49. The van der Waals surface area contributed by atoms with Crippen LogP contribution in [0.25, 0.3) is 11.0 Å². The Labute approximate surface area is 87.6 Å². The fraction of sp³-hybridized carbons (Fsp3) is 0.250. The summed E-state index contributed by atoms with van der Waals surface area (Å²) in [5.74, 6) is 0. The molecule has 0 aliphatic rings. The Kier molecular flexibility index (Phi) is 2.26. The van der Waals surface area contributed by atoms with Crippen LogP contribution in [0.5, 0.6) is 0 Å². The van der Waals surface area contributed by atoms with E-state index in [0.717, 1.165) is 4.57 Å². The highest BCUT2D eigenvalue weighted by Crippen LogP contribution is 2.21. The molecule has 0 atom stereocenters. The van der Waals surface area contributed by atoms with E-state index in [1.165, 1.54) is 18.5 Å². The van der Waals surface area contributed by atoms with Gasteiger partial charge >= 0.3 is 6.18 Å². The first-order valence-electron chi connectivity index (χ1n) is 4.07. The summed E-state index contributed by atoms with van der Waals surface area (Å²) < 4.78 is 37.7. The Bertz CT molecular complexity index is 540. The molecule has 2 aromatic heterocycles. The molecule has 0 fully saturated rings. The number of pyridine rings is 1. The quantitative estimate of drug-likeness (QED) is 0.768. The number of H-pyrrole nitrogens is 1. The largest absolute Gasteiger partial charge is 0.406 e. The molecule has 0 aliphatic heterocycles. The van der Waals surface area contributed by atoms with E-state index in [1.54, 1.807) is 0 Å². The second kappa shape index (κ2) is 3.34. The van der Waals surface area contributed by atoms with Crippen molar-refractivity contribution in [2.45, 2.75) is 12.7 Å². The van der Waals surface area contributed by atoms with Gasteiger partial charge in [-0.15, -0.1) is 0 Å². The van der Waals surface area contributed by atoms with Gasteiger partial charge in [-0.25, -0.2) is 0 Å². The van der Waals surface area contributed by atoms with Crippen molar-refractivity contribution in [1.82, 2.24) is 14.5 Å². The minimum Gasteiger partial charge on any atom is -0.329 e. The van der Waals surface area contributed by atoms with Crippen LogP contribution < -0.4 is 0 Å². The molecular formula is C8H6F3N3S. The lowest BCUT2D eigenvalue weighted by Crippen LogP contribution is -2.17. The number of imidazole rings is 1. The van der Waals surface area contributed by atoms with Crippen molar-refractivity contribution in [3.63, 3.8) is 0 Å². The summed E-state index contributed by atoms with van der Waals surface area (Å²) in [7, 11) is 0. The van der Waals surface area contributed by atoms with Crippen molar-refractivity contribution in [3.8, 4) is 0 Å². The maximum Gasteiger partial charge on any atom is 0.406 e. The average molecular weight is 233 g/mol. The van der Waals surface area contributed by atoms with Crippen molar-refractivity contribution >= 4 is 23.3 Å². The van der Waals surface area contributed by atoms with Crippen molar-refractivity contribution in [2.24, 2.45) is 0 Å². The minimum absolute atomic E-state index is 0.0512. The van der Waals surface area contributed by atoms with Crippen molar-refractivity contribution < 1.29 is 13.2 Å². The SMILES string of the molecule is FC(F)(F)Cn1c(=S)[nH]c2cnccc21. The predicted octanol–water partition coefficient (Wildman–Crippen LogP) is 2.66. The summed E-state index contributed by atoms with van der Waals surface area (Å²) in [6.07, 6.45) is -1.41. The third-order valence-electron chi connectivity index (χ3n) is 1.91. The standard InChI is InChI=1S/C8H6F3N3S/c9-8(10,11)4-14-6-1-2-12-3-5(6)13-7(14)15/h1-3H,4H2,(H,13,15). The first-order chi connectivity index (χ1) is 6.97. The van der Waals surface area contributed by atoms with E-state index in [2.05, 4.69) is 9.97 Å². The summed E-state index contributed by atoms with van der Waals surface area (Å²) in [6.45, 7) is -1.09. The molecule has 1 N–H and O–H groups in total. The molecule has 0 radical (unpaired) electrons. The lowest BCUT2D eigenvalue weighted by Gasteiger charge is -2.07. The lowest BCUT2D eigenvalue weighted by molar-refractivity contribution is -0.140. The van der Waals surface area contributed by atoms with E-state index in [1.807, 2.05) is 0 Å². The normalized spacial score (nSPS) is 12.2. The summed E-state index contributed by atoms with van der Waals surface area (Å²) >= 11 is 4.80. The number of nitrogens with zero attached hydrogens (tertiary/aromatic N) is 2. The van der Waals surface area contributed by atoms with Gasteiger partial charge in [0.1, 0.15) is 6.54 Å². The van der Waals surface area contributed by atoms with Gasteiger partial charge in [0, 0.05) is 6.20 Å². The predicted molar refractivity (Wildman–Crippen MR) is 51.0 cm³/mol. The number of alkyl halides is 3. The third-order valence-corrected chi connectivity index (χ3v) is 2.24. The zero-order valence-electron chi connectivity index (χ0n) is 7.38. The molecule has 0 bridgehead atoms. The van der Waals surface area contributed by atoms with Crippen LogP contribution in [0.2, 0.25) is 0 Å². The van der Waals surface area contributed by atoms with Crippen LogP contribution in [0.3, 0.4) is 0 Å². The number of aromatic nitrogens is 3. The monoisotopic (exact) mass is 233 g/mol. The fourth-order valence-electron chi connectivity index (χ4n) is 1.35. The summed E-state index contributed by atoms with van der Waals surface area (Å²) in [4.78, 5) is 6.46. The minimum atomic E-state index is -4.28. The van der Waals surface area contributed by atoms with Crippen molar-refractivity contribution in [2.75, 3.05) is 0 Å². The zero-order valence-corrected chi connectivity index (χ0v) is 8.19. The summed E-state index contributed by atoms with van der Waals surface area (Å²) in [5.41, 5.74) is 0.916. The first kappa shape index (κ1) is 10.2. The molecule has 2 heterocycles. The molecule has 3 nitrogen and oxygen atoms in total.